The number of rotatable bonds is 6. The first kappa shape index (κ1) is 17.3. The number of urea groups is 1. The third-order valence-corrected chi connectivity index (χ3v) is 4.17. The quantitative estimate of drug-likeness (QED) is 0.779. The summed E-state index contributed by atoms with van der Waals surface area (Å²) in [6.07, 6.45) is 2.51. The average molecular weight is 335 g/mol. The number of aryl methyl sites for hydroxylation is 2. The summed E-state index contributed by atoms with van der Waals surface area (Å²) in [7, 11) is 0. The SMILES string of the molecule is CSCC[C@H]1NC(=O)N(CC(=O)Nc2cc(C)cc(C)c2)C1=O. The van der Waals surface area contributed by atoms with Crippen LogP contribution in [0, 0.1) is 13.8 Å². The third-order valence-electron chi connectivity index (χ3n) is 3.52. The van der Waals surface area contributed by atoms with Crippen molar-refractivity contribution in [1.82, 2.24) is 10.2 Å². The van der Waals surface area contributed by atoms with Crippen molar-refractivity contribution in [3.63, 3.8) is 0 Å². The molecule has 1 heterocycles. The van der Waals surface area contributed by atoms with Gasteiger partial charge < -0.3 is 10.6 Å². The Kier molecular flexibility index (Phi) is 5.65. The van der Waals surface area contributed by atoms with Gasteiger partial charge in [-0.05, 0) is 55.5 Å². The standard InChI is InChI=1S/C16H21N3O3S/c1-10-6-11(2)8-12(7-10)17-14(20)9-19-15(21)13(4-5-23-3)18-16(19)22/h6-8,13H,4-5,9H2,1-3H3,(H,17,20)(H,18,22)/t13-/m1/s1. The van der Waals surface area contributed by atoms with Crippen molar-refractivity contribution in [2.24, 2.45) is 0 Å². The average Bonchev–Trinajstić information content (AvgIpc) is 2.71. The van der Waals surface area contributed by atoms with Crippen LogP contribution < -0.4 is 10.6 Å². The van der Waals surface area contributed by atoms with E-state index in [1.165, 1.54) is 0 Å². The topological polar surface area (TPSA) is 78.5 Å². The maximum Gasteiger partial charge on any atom is 0.325 e. The van der Waals surface area contributed by atoms with Gasteiger partial charge in [0.2, 0.25) is 5.91 Å². The number of nitrogens with zero attached hydrogens (tertiary/aromatic N) is 1. The fourth-order valence-corrected chi connectivity index (χ4v) is 3.02. The summed E-state index contributed by atoms with van der Waals surface area (Å²) in [6, 6.07) is 4.67. The summed E-state index contributed by atoms with van der Waals surface area (Å²) in [5.74, 6) is 0.0582. The zero-order valence-electron chi connectivity index (χ0n) is 13.5. The van der Waals surface area contributed by atoms with Gasteiger partial charge in [-0.2, -0.15) is 11.8 Å². The van der Waals surface area contributed by atoms with Gasteiger partial charge in [-0.25, -0.2) is 4.79 Å². The van der Waals surface area contributed by atoms with Gasteiger partial charge in [0, 0.05) is 5.69 Å². The van der Waals surface area contributed by atoms with E-state index in [0.29, 0.717) is 12.1 Å². The molecule has 1 aromatic carbocycles. The van der Waals surface area contributed by atoms with Crippen LogP contribution in [0.3, 0.4) is 0 Å². The molecule has 0 spiro atoms. The summed E-state index contributed by atoms with van der Waals surface area (Å²) in [4.78, 5) is 37.1. The number of thioether (sulfide) groups is 1. The van der Waals surface area contributed by atoms with Crippen LogP contribution in [0.1, 0.15) is 17.5 Å². The molecule has 2 rings (SSSR count). The van der Waals surface area contributed by atoms with Gasteiger partial charge in [0.25, 0.3) is 5.91 Å². The molecule has 0 bridgehead atoms. The number of hydrogen-bond donors (Lipinski definition) is 2. The van der Waals surface area contributed by atoms with Crippen LogP contribution in [0.4, 0.5) is 10.5 Å². The smallest absolute Gasteiger partial charge is 0.325 e. The monoisotopic (exact) mass is 335 g/mol. The minimum atomic E-state index is -0.524. The molecule has 0 unspecified atom stereocenters. The molecule has 1 aliphatic heterocycles. The molecule has 124 valence electrons. The molecule has 0 aromatic heterocycles. The Hall–Kier alpha value is -2.02. The highest BCUT2D eigenvalue weighted by molar-refractivity contribution is 7.98. The molecule has 1 aliphatic rings. The second kappa shape index (κ2) is 7.50. The number of nitrogens with one attached hydrogen (secondary N) is 2. The minimum absolute atomic E-state index is 0.270. The predicted octanol–water partition coefficient (Wildman–Crippen LogP) is 1.92. The highest BCUT2D eigenvalue weighted by Gasteiger charge is 2.38. The number of amides is 4. The van der Waals surface area contributed by atoms with Gasteiger partial charge in [0.05, 0.1) is 0 Å². The minimum Gasteiger partial charge on any atom is -0.326 e. The van der Waals surface area contributed by atoms with E-state index in [0.717, 1.165) is 21.8 Å². The Morgan fingerprint density at radius 2 is 1.91 bits per heavy atom. The molecule has 1 aromatic rings. The molecule has 0 saturated carbocycles. The van der Waals surface area contributed by atoms with E-state index < -0.39 is 12.1 Å². The zero-order chi connectivity index (χ0) is 17.0. The van der Waals surface area contributed by atoms with Crippen molar-refractivity contribution in [3.05, 3.63) is 29.3 Å². The number of imide groups is 1. The highest BCUT2D eigenvalue weighted by atomic mass is 32.2. The number of benzene rings is 1. The van der Waals surface area contributed by atoms with E-state index in [1.54, 1.807) is 11.8 Å². The van der Waals surface area contributed by atoms with Crippen LogP contribution in [0.25, 0.3) is 0 Å². The largest absolute Gasteiger partial charge is 0.326 e. The van der Waals surface area contributed by atoms with Crippen LogP contribution in [-0.4, -0.2) is 47.3 Å². The van der Waals surface area contributed by atoms with Gasteiger partial charge in [0.15, 0.2) is 0 Å². The fraction of sp³-hybridized carbons (Fsp3) is 0.438. The van der Waals surface area contributed by atoms with Crippen LogP contribution in [0.15, 0.2) is 18.2 Å². The number of carbonyl (C=O) groups is 3. The molecule has 4 amide bonds. The molecule has 7 heteroatoms. The van der Waals surface area contributed by atoms with E-state index in [1.807, 2.05) is 38.3 Å². The van der Waals surface area contributed by atoms with E-state index in [-0.39, 0.29) is 18.4 Å². The van der Waals surface area contributed by atoms with Crippen molar-refractivity contribution in [3.8, 4) is 0 Å². The lowest BCUT2D eigenvalue weighted by Gasteiger charge is -2.13. The third kappa shape index (κ3) is 4.48. The van der Waals surface area contributed by atoms with Crippen molar-refractivity contribution >= 4 is 35.3 Å². The molecule has 23 heavy (non-hydrogen) atoms. The molecule has 1 saturated heterocycles. The number of hydrogen-bond acceptors (Lipinski definition) is 4. The van der Waals surface area contributed by atoms with Crippen molar-refractivity contribution < 1.29 is 14.4 Å². The maximum absolute atomic E-state index is 12.2. The first-order chi connectivity index (χ1) is 10.9. The van der Waals surface area contributed by atoms with Gasteiger partial charge in [-0.1, -0.05) is 6.07 Å². The lowest BCUT2D eigenvalue weighted by Crippen LogP contribution is -2.38. The lowest BCUT2D eigenvalue weighted by molar-refractivity contribution is -0.130. The Bertz CT molecular complexity index is 613. The molecular weight excluding hydrogens is 314 g/mol. The predicted molar refractivity (Wildman–Crippen MR) is 91.6 cm³/mol. The molecular formula is C16H21N3O3S. The highest BCUT2D eigenvalue weighted by Crippen LogP contribution is 2.15. The fourth-order valence-electron chi connectivity index (χ4n) is 2.55. The summed E-state index contributed by atoms with van der Waals surface area (Å²) < 4.78 is 0. The summed E-state index contributed by atoms with van der Waals surface area (Å²) in [5, 5.41) is 5.35. The van der Waals surface area contributed by atoms with Crippen LogP contribution in [0.2, 0.25) is 0 Å². The maximum atomic E-state index is 12.2. The van der Waals surface area contributed by atoms with Crippen molar-refractivity contribution in [2.45, 2.75) is 26.3 Å². The van der Waals surface area contributed by atoms with E-state index in [2.05, 4.69) is 10.6 Å². The molecule has 6 nitrogen and oxygen atoms in total. The normalized spacial score (nSPS) is 17.3. The van der Waals surface area contributed by atoms with Gasteiger partial charge in [0.1, 0.15) is 12.6 Å². The Morgan fingerprint density at radius 1 is 1.26 bits per heavy atom. The molecule has 1 atom stereocenters. The lowest BCUT2D eigenvalue weighted by atomic mass is 10.1. The van der Waals surface area contributed by atoms with Gasteiger partial charge in [-0.15, -0.1) is 0 Å². The first-order valence-electron chi connectivity index (χ1n) is 7.39. The number of anilines is 1. The van der Waals surface area contributed by atoms with Gasteiger partial charge in [-0.3, -0.25) is 14.5 Å². The Labute approximate surface area is 140 Å². The summed E-state index contributed by atoms with van der Waals surface area (Å²) in [5.41, 5.74) is 2.73. The Balaban J connectivity index is 1.97. The van der Waals surface area contributed by atoms with Crippen LogP contribution in [-0.2, 0) is 9.59 Å². The van der Waals surface area contributed by atoms with E-state index in [9.17, 15) is 14.4 Å². The number of carbonyl (C=O) groups excluding carboxylic acids is 3. The summed E-state index contributed by atoms with van der Waals surface area (Å²) >= 11 is 1.61. The Morgan fingerprint density at radius 3 is 2.52 bits per heavy atom. The molecule has 1 fully saturated rings. The second-order valence-electron chi connectivity index (χ2n) is 5.63. The van der Waals surface area contributed by atoms with Crippen LogP contribution in [0.5, 0.6) is 0 Å². The van der Waals surface area contributed by atoms with Crippen molar-refractivity contribution in [2.75, 3.05) is 23.9 Å². The van der Waals surface area contributed by atoms with Crippen molar-refractivity contribution in [1.29, 1.82) is 0 Å². The van der Waals surface area contributed by atoms with E-state index in [4.69, 9.17) is 0 Å². The van der Waals surface area contributed by atoms with E-state index >= 15 is 0 Å². The summed E-state index contributed by atoms with van der Waals surface area (Å²) in [6.45, 7) is 3.61. The first-order valence-corrected chi connectivity index (χ1v) is 8.79. The zero-order valence-corrected chi connectivity index (χ0v) is 14.3. The molecule has 0 radical (unpaired) electrons. The molecule has 2 N–H and O–H groups in total. The second-order valence-corrected chi connectivity index (χ2v) is 6.62. The molecule has 0 aliphatic carbocycles. The van der Waals surface area contributed by atoms with Gasteiger partial charge >= 0.3 is 6.03 Å². The van der Waals surface area contributed by atoms with Crippen LogP contribution >= 0.6 is 11.8 Å².